The average Bonchev–Trinajstić information content (AvgIpc) is 2.84. The molecule has 178 valence electrons. The van der Waals surface area contributed by atoms with Crippen LogP contribution in [0.25, 0.3) is 16.3 Å². The van der Waals surface area contributed by atoms with Crippen molar-refractivity contribution in [1.82, 2.24) is 9.29 Å². The number of sulfonamides is 1. The van der Waals surface area contributed by atoms with E-state index in [1.54, 1.807) is 30.5 Å². The molecular weight excluding hydrogens is 527 g/mol. The Labute approximate surface area is 204 Å². The van der Waals surface area contributed by atoms with Gasteiger partial charge in [-0.1, -0.05) is 12.1 Å². The number of nitrogen functional groups attached to an aromatic ring is 1. The Morgan fingerprint density at radius 3 is 2.62 bits per heavy atom. The highest BCUT2D eigenvalue weighted by molar-refractivity contribution is 9.10. The highest BCUT2D eigenvalue weighted by atomic mass is 79.9. The maximum absolute atomic E-state index is 15.0. The Hall–Kier alpha value is -2.86. The van der Waals surface area contributed by atoms with Crippen molar-refractivity contribution in [3.63, 3.8) is 0 Å². The number of nitrogens with two attached hydrogens (primary N) is 1. The van der Waals surface area contributed by atoms with Gasteiger partial charge in [-0.05, 0) is 69.7 Å². The molecule has 1 aromatic heterocycles. The van der Waals surface area contributed by atoms with Crippen LogP contribution in [-0.2, 0) is 19.6 Å². The normalized spacial score (nSPS) is 15.7. The van der Waals surface area contributed by atoms with Crippen molar-refractivity contribution in [2.24, 2.45) is 0 Å². The minimum Gasteiger partial charge on any atom is -0.383 e. The minimum absolute atomic E-state index is 0.0637. The second-order valence-electron chi connectivity index (χ2n) is 7.68. The third kappa shape index (κ3) is 4.83. The number of aromatic nitrogens is 1. The number of anilines is 2. The van der Waals surface area contributed by atoms with E-state index < -0.39 is 21.8 Å². The number of hydrogen-bond donors (Lipinski definition) is 2. The maximum Gasteiger partial charge on any atom is 0.284 e. The molecule has 0 bridgehead atoms. The first-order chi connectivity index (χ1) is 16.2. The highest BCUT2D eigenvalue weighted by Crippen LogP contribution is 2.30. The number of pyridine rings is 1. The van der Waals surface area contributed by atoms with Crippen molar-refractivity contribution >= 4 is 59.7 Å². The van der Waals surface area contributed by atoms with Gasteiger partial charge in [0.15, 0.2) is 5.83 Å². The van der Waals surface area contributed by atoms with E-state index in [2.05, 4.69) is 26.2 Å². The summed E-state index contributed by atoms with van der Waals surface area (Å²) in [6.45, 7) is 2.70. The van der Waals surface area contributed by atoms with Gasteiger partial charge in [0.25, 0.3) is 5.91 Å². The lowest BCUT2D eigenvalue weighted by molar-refractivity contribution is -0.114. The van der Waals surface area contributed by atoms with Crippen molar-refractivity contribution in [3.05, 3.63) is 64.5 Å². The summed E-state index contributed by atoms with van der Waals surface area (Å²) in [5.41, 5.74) is 6.77. The molecule has 34 heavy (non-hydrogen) atoms. The van der Waals surface area contributed by atoms with Crippen LogP contribution in [0.2, 0.25) is 0 Å². The van der Waals surface area contributed by atoms with E-state index in [1.807, 2.05) is 0 Å². The van der Waals surface area contributed by atoms with Gasteiger partial charge in [-0.15, -0.1) is 0 Å². The fourth-order valence-corrected chi connectivity index (χ4v) is 5.66. The van der Waals surface area contributed by atoms with Crippen molar-refractivity contribution in [2.45, 2.75) is 11.8 Å². The molecule has 4 rings (SSSR count). The van der Waals surface area contributed by atoms with Gasteiger partial charge in [0.2, 0.25) is 10.0 Å². The van der Waals surface area contributed by atoms with Crippen LogP contribution in [0.5, 0.6) is 0 Å². The molecule has 0 spiro atoms. The first-order valence-electron chi connectivity index (χ1n) is 10.4. The molecule has 1 fully saturated rings. The van der Waals surface area contributed by atoms with Crippen LogP contribution in [0.3, 0.4) is 0 Å². The third-order valence-electron chi connectivity index (χ3n) is 5.56. The molecule has 1 amide bonds. The molecule has 1 aliphatic rings. The maximum atomic E-state index is 15.0. The van der Waals surface area contributed by atoms with Gasteiger partial charge in [-0.25, -0.2) is 17.8 Å². The second kappa shape index (κ2) is 9.79. The zero-order valence-corrected chi connectivity index (χ0v) is 20.6. The Balaban J connectivity index is 1.56. The third-order valence-corrected chi connectivity index (χ3v) is 8.11. The summed E-state index contributed by atoms with van der Waals surface area (Å²) in [5, 5.41) is 3.99. The fourth-order valence-electron chi connectivity index (χ4n) is 3.59. The summed E-state index contributed by atoms with van der Waals surface area (Å²) in [6.07, 6.45) is 1.59. The molecule has 3 N–H and O–H groups in total. The molecule has 8 nitrogen and oxygen atoms in total. The molecule has 11 heteroatoms. The molecule has 0 atom stereocenters. The second-order valence-corrected chi connectivity index (χ2v) is 10.5. The van der Waals surface area contributed by atoms with Gasteiger partial charge in [0, 0.05) is 29.1 Å². The van der Waals surface area contributed by atoms with Crippen molar-refractivity contribution in [1.29, 1.82) is 0 Å². The van der Waals surface area contributed by atoms with Crippen LogP contribution in [0.4, 0.5) is 15.9 Å². The van der Waals surface area contributed by atoms with Crippen molar-refractivity contribution in [2.75, 3.05) is 37.4 Å². The van der Waals surface area contributed by atoms with Gasteiger partial charge in [-0.2, -0.15) is 4.31 Å². The smallest absolute Gasteiger partial charge is 0.284 e. The van der Waals surface area contributed by atoms with Crippen molar-refractivity contribution in [3.8, 4) is 0 Å². The lowest BCUT2D eigenvalue weighted by atomic mass is 10.0. The summed E-state index contributed by atoms with van der Waals surface area (Å²) in [4.78, 5) is 16.7. The SMILES string of the molecule is C/C(=C(/F)C(=O)Nc1ccc(S(=O)(=O)N2CCOCC2)cc1Br)c1ccc2ccnc(N)c2c1. The van der Waals surface area contributed by atoms with Crippen LogP contribution < -0.4 is 11.1 Å². The Kier molecular flexibility index (Phi) is 6.99. The molecule has 2 heterocycles. The highest BCUT2D eigenvalue weighted by Gasteiger charge is 2.27. The number of morpholine rings is 1. The summed E-state index contributed by atoms with van der Waals surface area (Å²) < 4.78 is 47.5. The lowest BCUT2D eigenvalue weighted by Gasteiger charge is -2.26. The van der Waals surface area contributed by atoms with E-state index in [4.69, 9.17) is 10.5 Å². The molecule has 0 radical (unpaired) electrons. The number of nitrogens with one attached hydrogen (secondary N) is 1. The fraction of sp³-hybridized carbons (Fsp3) is 0.217. The summed E-state index contributed by atoms with van der Waals surface area (Å²) in [6, 6.07) is 11.1. The Bertz CT molecular complexity index is 1410. The Morgan fingerprint density at radius 2 is 1.91 bits per heavy atom. The summed E-state index contributed by atoms with van der Waals surface area (Å²) >= 11 is 3.28. The number of rotatable bonds is 5. The van der Waals surface area contributed by atoms with E-state index in [-0.39, 0.29) is 29.2 Å². The van der Waals surface area contributed by atoms with Gasteiger partial charge in [0.1, 0.15) is 5.82 Å². The molecule has 0 aliphatic carbocycles. The topological polar surface area (TPSA) is 115 Å². The quantitative estimate of drug-likeness (QED) is 0.466. The van der Waals surface area contributed by atoms with Crippen LogP contribution in [-0.4, -0.2) is 49.9 Å². The number of allylic oxidation sites excluding steroid dienone is 1. The number of fused-ring (bicyclic) bond motifs is 1. The van der Waals surface area contributed by atoms with E-state index in [0.29, 0.717) is 34.5 Å². The molecule has 2 aromatic carbocycles. The molecule has 0 saturated carbocycles. The monoisotopic (exact) mass is 548 g/mol. The largest absolute Gasteiger partial charge is 0.383 e. The number of carbonyl (C=O) groups excluding carboxylic acids is 1. The number of benzene rings is 2. The van der Waals surface area contributed by atoms with E-state index in [9.17, 15) is 17.6 Å². The zero-order chi connectivity index (χ0) is 24.5. The summed E-state index contributed by atoms with van der Waals surface area (Å²) in [5.74, 6) is -1.62. The number of halogens is 2. The van der Waals surface area contributed by atoms with Gasteiger partial charge in [0.05, 0.1) is 23.8 Å². The average molecular weight is 549 g/mol. The molecule has 0 unspecified atom stereocenters. The standard InChI is InChI=1S/C23H22BrFN4O4S/c1-14(16-3-2-15-6-7-27-22(26)18(15)12-16)21(25)23(30)28-20-5-4-17(13-19(20)24)34(31,32)29-8-10-33-11-9-29/h2-7,12-13H,8-11H2,1H3,(H2,26,27)(H,28,30)/b21-14-. The Morgan fingerprint density at radius 1 is 1.18 bits per heavy atom. The van der Waals surface area contributed by atoms with Gasteiger partial charge >= 0.3 is 0 Å². The van der Waals surface area contributed by atoms with Crippen molar-refractivity contribution < 1.29 is 22.3 Å². The first-order valence-corrected chi connectivity index (χ1v) is 12.6. The van der Waals surface area contributed by atoms with E-state index in [1.165, 1.54) is 29.4 Å². The van der Waals surface area contributed by atoms with Crippen LogP contribution in [0, 0.1) is 0 Å². The predicted octanol–water partition coefficient (Wildman–Crippen LogP) is 3.94. The molecular formula is C23H22BrFN4O4S. The number of nitrogens with zero attached hydrogens (tertiary/aromatic N) is 2. The van der Waals surface area contributed by atoms with Crippen LogP contribution >= 0.6 is 15.9 Å². The van der Waals surface area contributed by atoms with Gasteiger partial charge in [-0.3, -0.25) is 4.79 Å². The van der Waals surface area contributed by atoms with Crippen LogP contribution in [0.1, 0.15) is 12.5 Å². The van der Waals surface area contributed by atoms with E-state index >= 15 is 0 Å². The predicted molar refractivity (Wildman–Crippen MR) is 132 cm³/mol. The number of hydrogen-bond acceptors (Lipinski definition) is 6. The molecule has 1 saturated heterocycles. The molecule has 3 aromatic rings. The molecule has 1 aliphatic heterocycles. The lowest BCUT2D eigenvalue weighted by Crippen LogP contribution is -2.40. The number of ether oxygens (including phenoxy) is 1. The zero-order valence-electron chi connectivity index (χ0n) is 18.2. The number of carbonyl (C=O) groups is 1. The van der Waals surface area contributed by atoms with Gasteiger partial charge < -0.3 is 15.8 Å². The number of amides is 1. The van der Waals surface area contributed by atoms with E-state index in [0.717, 1.165) is 5.39 Å². The summed E-state index contributed by atoms with van der Waals surface area (Å²) in [7, 11) is -3.71. The van der Waals surface area contributed by atoms with Crippen LogP contribution in [0.15, 0.2) is 63.9 Å². The first kappa shape index (κ1) is 24.3. The minimum atomic E-state index is -3.71.